The van der Waals surface area contributed by atoms with E-state index in [-0.39, 0.29) is 5.91 Å². The first-order chi connectivity index (χ1) is 12.4. The Bertz CT molecular complexity index is 740. The molecule has 0 unspecified atom stereocenters. The lowest BCUT2D eigenvalue weighted by Crippen LogP contribution is -2.13. The van der Waals surface area contributed by atoms with E-state index in [9.17, 15) is 4.79 Å². The van der Waals surface area contributed by atoms with Crippen LogP contribution < -0.4 is 15.4 Å². The van der Waals surface area contributed by atoms with Gasteiger partial charge < -0.3 is 15.4 Å². The number of amides is 1. The van der Waals surface area contributed by atoms with Gasteiger partial charge in [-0.3, -0.25) is 4.79 Å². The second-order valence-corrected chi connectivity index (χ2v) is 7.22. The third-order valence-electron chi connectivity index (χ3n) is 3.58. The molecule has 140 valence electrons. The van der Waals surface area contributed by atoms with Crippen LogP contribution in [0.4, 0.5) is 11.4 Å². The van der Waals surface area contributed by atoms with Crippen LogP contribution in [0.15, 0.2) is 36.4 Å². The number of carbonyl (C=O) groups is 1. The average molecular weight is 395 g/mol. The van der Waals surface area contributed by atoms with Crippen LogP contribution in [-0.4, -0.2) is 12.5 Å². The van der Waals surface area contributed by atoms with E-state index in [2.05, 4.69) is 10.6 Å². The molecule has 0 aliphatic heterocycles. The highest BCUT2D eigenvalue weighted by Gasteiger charge is 2.10. The van der Waals surface area contributed by atoms with Crippen LogP contribution in [0.2, 0.25) is 10.0 Å². The van der Waals surface area contributed by atoms with Gasteiger partial charge in [0.2, 0.25) is 5.91 Å². The standard InChI is InChI=1S/C20H24Cl2N2O2/c1-4-26-20-17(21)9-14(10-18(20)22)12-23-15-6-5-7-16(11-15)24-19(25)8-13(2)3/h5-7,9-11,13,23H,4,8,12H2,1-3H3,(H,24,25). The van der Waals surface area contributed by atoms with E-state index in [4.69, 9.17) is 27.9 Å². The third kappa shape index (κ3) is 6.11. The van der Waals surface area contributed by atoms with Crippen molar-refractivity contribution in [2.24, 2.45) is 5.92 Å². The van der Waals surface area contributed by atoms with Crippen molar-refractivity contribution in [2.45, 2.75) is 33.7 Å². The van der Waals surface area contributed by atoms with Crippen LogP contribution >= 0.6 is 23.2 Å². The zero-order valence-corrected chi connectivity index (χ0v) is 16.7. The van der Waals surface area contributed by atoms with Gasteiger partial charge in [0.15, 0.2) is 5.75 Å². The molecule has 26 heavy (non-hydrogen) atoms. The highest BCUT2D eigenvalue weighted by atomic mass is 35.5. The predicted molar refractivity (Wildman–Crippen MR) is 109 cm³/mol. The molecule has 0 bridgehead atoms. The molecular weight excluding hydrogens is 371 g/mol. The molecule has 1 amide bonds. The fraction of sp³-hybridized carbons (Fsp3) is 0.350. The Kier molecular flexibility index (Phi) is 7.61. The van der Waals surface area contributed by atoms with Gasteiger partial charge >= 0.3 is 0 Å². The van der Waals surface area contributed by atoms with E-state index < -0.39 is 0 Å². The largest absolute Gasteiger partial charge is 0.491 e. The molecule has 0 atom stereocenters. The molecule has 0 radical (unpaired) electrons. The van der Waals surface area contributed by atoms with E-state index >= 15 is 0 Å². The number of benzene rings is 2. The summed E-state index contributed by atoms with van der Waals surface area (Å²) in [5.41, 5.74) is 2.61. The average Bonchev–Trinajstić information content (AvgIpc) is 2.56. The fourth-order valence-electron chi connectivity index (χ4n) is 2.49. The van der Waals surface area contributed by atoms with Gasteiger partial charge in [-0.05, 0) is 48.7 Å². The number of anilines is 2. The Morgan fingerprint density at radius 3 is 2.38 bits per heavy atom. The maximum absolute atomic E-state index is 11.9. The lowest BCUT2D eigenvalue weighted by atomic mass is 10.1. The van der Waals surface area contributed by atoms with E-state index in [0.717, 1.165) is 16.9 Å². The lowest BCUT2D eigenvalue weighted by molar-refractivity contribution is -0.116. The summed E-state index contributed by atoms with van der Waals surface area (Å²) in [6.07, 6.45) is 0.501. The number of nitrogens with one attached hydrogen (secondary N) is 2. The minimum absolute atomic E-state index is 0.0160. The number of rotatable bonds is 8. The minimum Gasteiger partial charge on any atom is -0.491 e. The number of hydrogen-bond acceptors (Lipinski definition) is 3. The summed E-state index contributed by atoms with van der Waals surface area (Å²) in [7, 11) is 0. The zero-order valence-electron chi connectivity index (χ0n) is 15.2. The van der Waals surface area contributed by atoms with Gasteiger partial charge in [0.25, 0.3) is 0 Å². The Morgan fingerprint density at radius 1 is 1.12 bits per heavy atom. The topological polar surface area (TPSA) is 50.4 Å². The molecule has 2 rings (SSSR count). The fourth-order valence-corrected chi connectivity index (χ4v) is 3.13. The molecule has 0 saturated carbocycles. The molecule has 4 nitrogen and oxygen atoms in total. The maximum Gasteiger partial charge on any atom is 0.224 e. The van der Waals surface area contributed by atoms with Gasteiger partial charge in [-0.15, -0.1) is 0 Å². The van der Waals surface area contributed by atoms with Crippen molar-refractivity contribution in [2.75, 3.05) is 17.2 Å². The van der Waals surface area contributed by atoms with Gasteiger partial charge in [0.05, 0.1) is 16.7 Å². The molecule has 0 fully saturated rings. The van der Waals surface area contributed by atoms with Crippen LogP contribution in [-0.2, 0) is 11.3 Å². The first-order valence-electron chi connectivity index (χ1n) is 8.63. The lowest BCUT2D eigenvalue weighted by Gasteiger charge is -2.13. The summed E-state index contributed by atoms with van der Waals surface area (Å²) in [4.78, 5) is 11.9. The quantitative estimate of drug-likeness (QED) is 0.577. The first-order valence-corrected chi connectivity index (χ1v) is 9.39. The number of halogens is 2. The normalized spacial score (nSPS) is 10.7. The Morgan fingerprint density at radius 2 is 1.77 bits per heavy atom. The second-order valence-electron chi connectivity index (χ2n) is 6.40. The van der Waals surface area contributed by atoms with Crippen molar-refractivity contribution in [3.63, 3.8) is 0 Å². The summed E-state index contributed by atoms with van der Waals surface area (Å²) in [5, 5.41) is 7.21. The van der Waals surface area contributed by atoms with E-state index in [0.29, 0.717) is 41.3 Å². The van der Waals surface area contributed by atoms with Crippen LogP contribution in [0.5, 0.6) is 5.75 Å². The number of carbonyl (C=O) groups excluding carboxylic acids is 1. The molecule has 0 aliphatic carbocycles. The van der Waals surface area contributed by atoms with Crippen molar-refractivity contribution >= 4 is 40.5 Å². The van der Waals surface area contributed by atoms with Gasteiger partial charge in [-0.2, -0.15) is 0 Å². The SMILES string of the molecule is CCOc1c(Cl)cc(CNc2cccc(NC(=O)CC(C)C)c2)cc1Cl. The van der Waals surface area contributed by atoms with Gasteiger partial charge in [0, 0.05) is 24.3 Å². The van der Waals surface area contributed by atoms with E-state index in [1.54, 1.807) is 0 Å². The summed E-state index contributed by atoms with van der Waals surface area (Å²) < 4.78 is 5.44. The molecule has 6 heteroatoms. The van der Waals surface area contributed by atoms with Crippen LogP contribution in [0.25, 0.3) is 0 Å². The predicted octanol–water partition coefficient (Wildman–Crippen LogP) is 5.99. The Hall–Kier alpha value is -1.91. The van der Waals surface area contributed by atoms with Gasteiger partial charge in [0.1, 0.15) is 0 Å². The van der Waals surface area contributed by atoms with Crippen molar-refractivity contribution in [1.29, 1.82) is 0 Å². The monoisotopic (exact) mass is 394 g/mol. The first kappa shape index (κ1) is 20.4. The van der Waals surface area contributed by atoms with E-state index in [1.165, 1.54) is 0 Å². The number of hydrogen-bond donors (Lipinski definition) is 2. The molecule has 2 aromatic rings. The van der Waals surface area contributed by atoms with Crippen LogP contribution in [0, 0.1) is 5.92 Å². The smallest absolute Gasteiger partial charge is 0.224 e. The maximum atomic E-state index is 11.9. The second kappa shape index (κ2) is 9.70. The summed E-state index contributed by atoms with van der Waals surface area (Å²) in [6.45, 7) is 6.98. The zero-order chi connectivity index (χ0) is 19.1. The molecule has 0 aliphatic rings. The highest BCUT2D eigenvalue weighted by molar-refractivity contribution is 6.37. The number of ether oxygens (including phenoxy) is 1. The van der Waals surface area contributed by atoms with Crippen molar-refractivity contribution < 1.29 is 9.53 Å². The van der Waals surface area contributed by atoms with Crippen molar-refractivity contribution in [3.8, 4) is 5.75 Å². The summed E-state index contributed by atoms with van der Waals surface area (Å²) in [5.74, 6) is 0.849. The molecule has 2 N–H and O–H groups in total. The van der Waals surface area contributed by atoms with Gasteiger partial charge in [-0.1, -0.05) is 43.1 Å². The Labute approximate surface area is 164 Å². The molecule has 0 heterocycles. The highest BCUT2D eigenvalue weighted by Crippen LogP contribution is 2.34. The van der Waals surface area contributed by atoms with Crippen LogP contribution in [0.3, 0.4) is 0 Å². The Balaban J connectivity index is 2.01. The molecule has 2 aromatic carbocycles. The molecule has 0 spiro atoms. The molecule has 0 saturated heterocycles. The third-order valence-corrected chi connectivity index (χ3v) is 4.14. The van der Waals surface area contributed by atoms with E-state index in [1.807, 2.05) is 57.2 Å². The summed E-state index contributed by atoms with van der Waals surface area (Å²) >= 11 is 12.5. The van der Waals surface area contributed by atoms with Crippen molar-refractivity contribution in [1.82, 2.24) is 0 Å². The molecule has 0 aromatic heterocycles. The van der Waals surface area contributed by atoms with Gasteiger partial charge in [-0.25, -0.2) is 0 Å². The van der Waals surface area contributed by atoms with Crippen LogP contribution in [0.1, 0.15) is 32.8 Å². The molecular formula is C20H24Cl2N2O2. The van der Waals surface area contributed by atoms with Crippen molar-refractivity contribution in [3.05, 3.63) is 52.0 Å². The minimum atomic E-state index is 0.0160. The summed E-state index contributed by atoms with van der Waals surface area (Å²) in [6, 6.07) is 11.3.